The van der Waals surface area contributed by atoms with Crippen molar-refractivity contribution < 1.29 is 4.42 Å². The molecular formula is C14H19N3O. The summed E-state index contributed by atoms with van der Waals surface area (Å²) in [4.78, 5) is 6.88. The molecule has 2 aromatic heterocycles. The number of nitrogens with one attached hydrogen (secondary N) is 1. The lowest BCUT2D eigenvalue weighted by molar-refractivity contribution is 0.304. The maximum Gasteiger partial charge on any atom is 0.139 e. The summed E-state index contributed by atoms with van der Waals surface area (Å²) in [6.45, 7) is 4.36. The molecule has 4 heteroatoms. The highest BCUT2D eigenvalue weighted by atomic mass is 16.3. The highest BCUT2D eigenvalue weighted by Gasteiger charge is 2.29. The van der Waals surface area contributed by atoms with Gasteiger partial charge in [0.05, 0.1) is 11.6 Å². The topological polar surface area (TPSA) is 41.3 Å². The van der Waals surface area contributed by atoms with E-state index in [0.29, 0.717) is 0 Å². The zero-order valence-corrected chi connectivity index (χ0v) is 10.9. The van der Waals surface area contributed by atoms with Gasteiger partial charge in [-0.1, -0.05) is 0 Å². The Balaban J connectivity index is 1.86. The van der Waals surface area contributed by atoms with E-state index in [1.165, 1.54) is 0 Å². The van der Waals surface area contributed by atoms with Crippen molar-refractivity contribution in [1.29, 1.82) is 0 Å². The van der Waals surface area contributed by atoms with Crippen LogP contribution in [-0.4, -0.2) is 30.7 Å². The number of furan rings is 1. The number of rotatable bonds is 2. The van der Waals surface area contributed by atoms with Crippen LogP contribution in [-0.2, 0) is 0 Å². The molecule has 1 aliphatic rings. The molecule has 96 valence electrons. The molecule has 0 amide bonds. The Morgan fingerprint density at radius 2 is 2.11 bits per heavy atom. The van der Waals surface area contributed by atoms with Gasteiger partial charge in [0.2, 0.25) is 0 Å². The number of piperidine rings is 1. The van der Waals surface area contributed by atoms with E-state index >= 15 is 0 Å². The molecule has 4 nitrogen and oxygen atoms in total. The summed E-state index contributed by atoms with van der Waals surface area (Å²) in [7, 11) is 2.05. The van der Waals surface area contributed by atoms with Crippen LogP contribution in [0.15, 0.2) is 29.0 Å². The minimum Gasteiger partial charge on any atom is -0.464 e. The second-order valence-corrected chi connectivity index (χ2v) is 5.26. The average Bonchev–Trinajstić information content (AvgIpc) is 2.88. The first-order valence-corrected chi connectivity index (χ1v) is 6.48. The molecule has 0 aliphatic carbocycles. The minimum absolute atomic E-state index is 0.265. The lowest BCUT2D eigenvalue weighted by Crippen LogP contribution is -2.50. The molecule has 1 N–H and O–H groups in total. The quantitative estimate of drug-likeness (QED) is 0.882. The molecule has 0 saturated carbocycles. The predicted molar refractivity (Wildman–Crippen MR) is 72.9 cm³/mol. The van der Waals surface area contributed by atoms with Crippen LogP contribution in [0.3, 0.4) is 0 Å². The molecule has 0 atom stereocenters. The molecule has 1 fully saturated rings. The molecule has 2 aromatic rings. The average molecular weight is 245 g/mol. The Hall–Kier alpha value is -1.55. The molecule has 0 radical (unpaired) electrons. The van der Waals surface area contributed by atoms with Crippen molar-refractivity contribution in [3.8, 4) is 0 Å². The first-order valence-electron chi connectivity index (χ1n) is 6.48. The van der Waals surface area contributed by atoms with E-state index in [2.05, 4.69) is 22.1 Å². The van der Waals surface area contributed by atoms with E-state index in [-0.39, 0.29) is 5.54 Å². The van der Waals surface area contributed by atoms with Gasteiger partial charge in [0.1, 0.15) is 11.4 Å². The Labute approximate surface area is 107 Å². The second-order valence-electron chi connectivity index (χ2n) is 5.26. The van der Waals surface area contributed by atoms with Crippen LogP contribution in [0.5, 0.6) is 0 Å². The summed E-state index contributed by atoms with van der Waals surface area (Å²) in [5.74, 6) is 1.06. The van der Waals surface area contributed by atoms with Gasteiger partial charge >= 0.3 is 0 Å². The molecule has 1 saturated heterocycles. The second kappa shape index (κ2) is 4.28. The molecule has 0 aromatic carbocycles. The van der Waals surface area contributed by atoms with Crippen LogP contribution >= 0.6 is 0 Å². The Bertz CT molecular complexity index is 541. The monoisotopic (exact) mass is 245 g/mol. The SMILES string of the molecule is CNC1(C)CCN(c2nccc3occc23)CC1. The van der Waals surface area contributed by atoms with Crippen molar-refractivity contribution >= 4 is 16.8 Å². The predicted octanol–water partition coefficient (Wildman–Crippen LogP) is 2.41. The fourth-order valence-electron chi connectivity index (χ4n) is 2.59. The number of hydrogen-bond donors (Lipinski definition) is 1. The molecule has 0 bridgehead atoms. The smallest absolute Gasteiger partial charge is 0.139 e. The van der Waals surface area contributed by atoms with Gasteiger partial charge in [0.25, 0.3) is 0 Å². The number of nitrogens with zero attached hydrogens (tertiary/aromatic N) is 2. The first-order chi connectivity index (χ1) is 8.72. The van der Waals surface area contributed by atoms with Crippen molar-refractivity contribution in [3.05, 3.63) is 24.6 Å². The number of aromatic nitrogens is 1. The van der Waals surface area contributed by atoms with Crippen LogP contribution < -0.4 is 10.2 Å². The summed E-state index contributed by atoms with van der Waals surface area (Å²) in [6.07, 6.45) is 5.84. The van der Waals surface area contributed by atoms with Gasteiger partial charge in [0.15, 0.2) is 0 Å². The standard InChI is InChI=1S/C14H19N3O/c1-14(15-2)5-8-17(9-6-14)13-11-4-10-18-12(11)3-7-16-13/h3-4,7,10,15H,5-6,8-9H2,1-2H3. The first kappa shape index (κ1) is 11.5. The maximum absolute atomic E-state index is 5.43. The number of hydrogen-bond acceptors (Lipinski definition) is 4. The Kier molecular flexibility index (Phi) is 2.74. The lowest BCUT2D eigenvalue weighted by atomic mass is 9.90. The maximum atomic E-state index is 5.43. The van der Waals surface area contributed by atoms with E-state index in [4.69, 9.17) is 4.42 Å². The van der Waals surface area contributed by atoms with Crippen molar-refractivity contribution in [1.82, 2.24) is 10.3 Å². The van der Waals surface area contributed by atoms with E-state index < -0.39 is 0 Å². The van der Waals surface area contributed by atoms with Gasteiger partial charge < -0.3 is 14.6 Å². The fourth-order valence-corrected chi connectivity index (χ4v) is 2.59. The molecule has 3 heterocycles. The Morgan fingerprint density at radius 3 is 2.83 bits per heavy atom. The molecule has 0 spiro atoms. The van der Waals surface area contributed by atoms with Gasteiger partial charge in [0, 0.05) is 24.8 Å². The summed E-state index contributed by atoms with van der Waals surface area (Å²) >= 11 is 0. The minimum atomic E-state index is 0.265. The van der Waals surface area contributed by atoms with Gasteiger partial charge in [-0.15, -0.1) is 0 Å². The third-order valence-electron chi connectivity index (χ3n) is 4.13. The zero-order valence-electron chi connectivity index (χ0n) is 10.9. The molecule has 3 rings (SSSR count). The third kappa shape index (κ3) is 1.86. The van der Waals surface area contributed by atoms with E-state index in [1.54, 1.807) is 6.26 Å². The highest BCUT2D eigenvalue weighted by Crippen LogP contribution is 2.29. The van der Waals surface area contributed by atoms with Crippen LogP contribution in [0, 0.1) is 0 Å². The van der Waals surface area contributed by atoms with Gasteiger partial charge in [-0.05, 0) is 38.9 Å². The molecular weight excluding hydrogens is 226 g/mol. The lowest BCUT2D eigenvalue weighted by Gasteiger charge is -2.39. The van der Waals surface area contributed by atoms with Crippen molar-refractivity contribution in [2.24, 2.45) is 0 Å². The summed E-state index contributed by atoms with van der Waals surface area (Å²) in [5.41, 5.74) is 1.18. The van der Waals surface area contributed by atoms with Gasteiger partial charge in [-0.3, -0.25) is 0 Å². The fraction of sp³-hybridized carbons (Fsp3) is 0.500. The van der Waals surface area contributed by atoms with Crippen LogP contribution in [0.2, 0.25) is 0 Å². The normalized spacial score (nSPS) is 19.3. The zero-order chi connectivity index (χ0) is 12.6. The van der Waals surface area contributed by atoms with E-state index in [9.17, 15) is 0 Å². The highest BCUT2D eigenvalue weighted by molar-refractivity contribution is 5.88. The summed E-state index contributed by atoms with van der Waals surface area (Å²) in [6, 6.07) is 3.92. The van der Waals surface area contributed by atoms with Crippen LogP contribution in [0.4, 0.5) is 5.82 Å². The molecule has 0 unspecified atom stereocenters. The number of fused-ring (bicyclic) bond motifs is 1. The van der Waals surface area contributed by atoms with E-state index in [0.717, 1.165) is 42.7 Å². The van der Waals surface area contributed by atoms with Gasteiger partial charge in [-0.25, -0.2) is 4.98 Å². The number of pyridine rings is 1. The van der Waals surface area contributed by atoms with Gasteiger partial charge in [-0.2, -0.15) is 0 Å². The summed E-state index contributed by atoms with van der Waals surface area (Å²) < 4.78 is 5.43. The van der Waals surface area contributed by atoms with Crippen molar-refractivity contribution in [3.63, 3.8) is 0 Å². The van der Waals surface area contributed by atoms with Crippen LogP contribution in [0.1, 0.15) is 19.8 Å². The number of anilines is 1. The summed E-state index contributed by atoms with van der Waals surface area (Å²) in [5, 5.41) is 4.54. The van der Waals surface area contributed by atoms with Crippen molar-refractivity contribution in [2.75, 3.05) is 25.0 Å². The van der Waals surface area contributed by atoms with E-state index in [1.807, 2.05) is 25.4 Å². The van der Waals surface area contributed by atoms with Crippen molar-refractivity contribution in [2.45, 2.75) is 25.3 Å². The van der Waals surface area contributed by atoms with Crippen LogP contribution in [0.25, 0.3) is 11.0 Å². The Morgan fingerprint density at radius 1 is 1.33 bits per heavy atom. The largest absolute Gasteiger partial charge is 0.464 e. The third-order valence-corrected chi connectivity index (χ3v) is 4.13. The molecule has 18 heavy (non-hydrogen) atoms. The molecule has 1 aliphatic heterocycles.